The molecule has 1 aromatic heterocycles. The summed E-state index contributed by atoms with van der Waals surface area (Å²) in [6.07, 6.45) is 0.834. The summed E-state index contributed by atoms with van der Waals surface area (Å²) in [4.78, 5) is 25.5. The summed E-state index contributed by atoms with van der Waals surface area (Å²) in [5.41, 5.74) is -0.00796. The number of nitrogens with zero attached hydrogens (tertiary/aromatic N) is 3. The maximum Gasteiger partial charge on any atom is 0.357 e. The van der Waals surface area contributed by atoms with Crippen molar-refractivity contribution in [1.82, 2.24) is 9.47 Å². The molecule has 25 heavy (non-hydrogen) atoms. The van der Waals surface area contributed by atoms with Gasteiger partial charge in [0.05, 0.1) is 23.7 Å². The van der Waals surface area contributed by atoms with Crippen molar-refractivity contribution in [3.8, 4) is 0 Å². The Hall–Kier alpha value is -2.45. The third kappa shape index (κ3) is 3.64. The lowest BCUT2D eigenvalue weighted by atomic mass is 10.1. The number of para-hydroxylation sites is 1. The van der Waals surface area contributed by atoms with Gasteiger partial charge in [-0.15, -0.1) is 0 Å². The van der Waals surface area contributed by atoms with Gasteiger partial charge in [-0.25, -0.2) is 0 Å². The SMILES string of the molecule is Cn1c(=O)c([N+](=O)[O-])c(NCCCN2CCOCC2)c2ccccc21. The highest BCUT2D eigenvalue weighted by Gasteiger charge is 2.24. The number of ether oxygens (including phenoxy) is 1. The smallest absolute Gasteiger partial charge is 0.357 e. The standard InChI is InChI=1S/C17H22N4O4/c1-19-14-6-3-2-5-13(14)15(16(17(19)22)21(23)24)18-7-4-8-20-9-11-25-12-10-20/h2-3,5-6,18H,4,7-12H2,1H3. The van der Waals surface area contributed by atoms with Crippen molar-refractivity contribution in [3.05, 3.63) is 44.7 Å². The summed E-state index contributed by atoms with van der Waals surface area (Å²) in [5, 5.41) is 15.3. The molecule has 0 amide bonds. The Morgan fingerprint density at radius 1 is 1.28 bits per heavy atom. The summed E-state index contributed by atoms with van der Waals surface area (Å²) in [7, 11) is 1.56. The van der Waals surface area contributed by atoms with E-state index in [1.807, 2.05) is 12.1 Å². The molecule has 2 heterocycles. The average Bonchev–Trinajstić information content (AvgIpc) is 2.63. The number of rotatable bonds is 6. The molecule has 1 aliphatic heterocycles. The van der Waals surface area contributed by atoms with E-state index in [0.29, 0.717) is 23.1 Å². The second-order valence-corrected chi connectivity index (χ2v) is 6.10. The fourth-order valence-electron chi connectivity index (χ4n) is 3.17. The molecule has 1 fully saturated rings. The number of morpholine rings is 1. The van der Waals surface area contributed by atoms with Crippen LogP contribution in [0.3, 0.4) is 0 Å². The average molecular weight is 346 g/mol. The van der Waals surface area contributed by atoms with Gasteiger partial charge in [0.1, 0.15) is 5.69 Å². The fourth-order valence-corrected chi connectivity index (χ4v) is 3.17. The number of hydrogen-bond donors (Lipinski definition) is 1. The topological polar surface area (TPSA) is 89.6 Å². The molecule has 8 heteroatoms. The Kier molecular flexibility index (Phi) is 5.30. The van der Waals surface area contributed by atoms with Gasteiger partial charge in [0, 0.05) is 32.1 Å². The highest BCUT2D eigenvalue weighted by molar-refractivity contribution is 5.96. The molecule has 0 spiro atoms. The maximum absolute atomic E-state index is 12.4. The lowest BCUT2D eigenvalue weighted by molar-refractivity contribution is -0.385. The Bertz CT molecular complexity index is 827. The Labute approximate surface area is 145 Å². The van der Waals surface area contributed by atoms with Crippen molar-refractivity contribution in [2.45, 2.75) is 6.42 Å². The molecule has 1 aliphatic rings. The largest absolute Gasteiger partial charge is 0.379 e. The van der Waals surface area contributed by atoms with Crippen LogP contribution in [0.1, 0.15) is 6.42 Å². The Balaban J connectivity index is 1.81. The number of anilines is 1. The molecule has 1 N–H and O–H groups in total. The van der Waals surface area contributed by atoms with E-state index in [9.17, 15) is 14.9 Å². The molecule has 1 saturated heterocycles. The Morgan fingerprint density at radius 2 is 2.00 bits per heavy atom. The monoisotopic (exact) mass is 346 g/mol. The molecule has 134 valence electrons. The van der Waals surface area contributed by atoms with Crippen LogP contribution in [0.15, 0.2) is 29.1 Å². The second kappa shape index (κ2) is 7.62. The fraction of sp³-hybridized carbons (Fsp3) is 0.471. The number of benzene rings is 1. The van der Waals surface area contributed by atoms with Crippen LogP contribution in [0.5, 0.6) is 0 Å². The van der Waals surface area contributed by atoms with Gasteiger partial charge in [-0.1, -0.05) is 18.2 Å². The zero-order valence-corrected chi connectivity index (χ0v) is 14.2. The molecule has 0 unspecified atom stereocenters. The van der Waals surface area contributed by atoms with Crippen LogP contribution >= 0.6 is 0 Å². The van der Waals surface area contributed by atoms with Gasteiger partial charge in [-0.3, -0.25) is 19.8 Å². The number of nitro groups is 1. The third-order valence-electron chi connectivity index (χ3n) is 4.52. The highest BCUT2D eigenvalue weighted by atomic mass is 16.6. The summed E-state index contributed by atoms with van der Waals surface area (Å²) >= 11 is 0. The normalized spacial score (nSPS) is 15.4. The van der Waals surface area contributed by atoms with Gasteiger partial charge in [0.25, 0.3) is 0 Å². The molecule has 2 aromatic rings. The molecule has 1 aromatic carbocycles. The minimum Gasteiger partial charge on any atom is -0.379 e. The van der Waals surface area contributed by atoms with E-state index in [1.165, 1.54) is 4.57 Å². The van der Waals surface area contributed by atoms with Crippen molar-refractivity contribution in [2.75, 3.05) is 44.7 Å². The highest BCUT2D eigenvalue weighted by Crippen LogP contribution is 2.29. The number of aryl methyl sites for hydroxylation is 1. The van der Waals surface area contributed by atoms with E-state index in [-0.39, 0.29) is 0 Å². The first-order chi connectivity index (χ1) is 12.1. The van der Waals surface area contributed by atoms with Gasteiger partial charge >= 0.3 is 11.2 Å². The summed E-state index contributed by atoms with van der Waals surface area (Å²) < 4.78 is 6.65. The Morgan fingerprint density at radius 3 is 2.72 bits per heavy atom. The first-order valence-corrected chi connectivity index (χ1v) is 8.39. The van der Waals surface area contributed by atoms with Gasteiger partial charge in [0.2, 0.25) is 0 Å². The van der Waals surface area contributed by atoms with Crippen LogP contribution in [-0.2, 0) is 11.8 Å². The van der Waals surface area contributed by atoms with Gasteiger partial charge in [0.15, 0.2) is 0 Å². The van der Waals surface area contributed by atoms with E-state index in [4.69, 9.17) is 4.74 Å². The second-order valence-electron chi connectivity index (χ2n) is 6.10. The van der Waals surface area contributed by atoms with E-state index in [0.717, 1.165) is 39.3 Å². The molecule has 0 atom stereocenters. The third-order valence-corrected chi connectivity index (χ3v) is 4.52. The van der Waals surface area contributed by atoms with Crippen LogP contribution in [0.4, 0.5) is 11.4 Å². The van der Waals surface area contributed by atoms with Crippen molar-refractivity contribution in [2.24, 2.45) is 7.05 Å². The summed E-state index contributed by atoms with van der Waals surface area (Å²) in [5.74, 6) is 0. The van der Waals surface area contributed by atoms with E-state index >= 15 is 0 Å². The first-order valence-electron chi connectivity index (χ1n) is 8.39. The van der Waals surface area contributed by atoms with Crippen molar-refractivity contribution in [1.29, 1.82) is 0 Å². The van der Waals surface area contributed by atoms with Crippen molar-refractivity contribution < 1.29 is 9.66 Å². The number of hydrogen-bond acceptors (Lipinski definition) is 6. The summed E-state index contributed by atoms with van der Waals surface area (Å²) in [6, 6.07) is 7.22. The molecule has 0 saturated carbocycles. The predicted molar refractivity (Wildman–Crippen MR) is 96.2 cm³/mol. The molecule has 3 rings (SSSR count). The van der Waals surface area contributed by atoms with Gasteiger partial charge in [-0.05, 0) is 19.0 Å². The molecular weight excluding hydrogens is 324 g/mol. The van der Waals surface area contributed by atoms with Crippen molar-refractivity contribution in [3.63, 3.8) is 0 Å². The lowest BCUT2D eigenvalue weighted by Crippen LogP contribution is -2.37. The number of fused-ring (bicyclic) bond motifs is 1. The van der Waals surface area contributed by atoms with Crippen LogP contribution < -0.4 is 10.9 Å². The lowest BCUT2D eigenvalue weighted by Gasteiger charge is -2.26. The van der Waals surface area contributed by atoms with Crippen LogP contribution in [0.2, 0.25) is 0 Å². The zero-order chi connectivity index (χ0) is 17.8. The van der Waals surface area contributed by atoms with E-state index < -0.39 is 16.2 Å². The quantitative estimate of drug-likeness (QED) is 0.485. The van der Waals surface area contributed by atoms with Crippen LogP contribution in [-0.4, -0.2) is 53.8 Å². The molecule has 8 nitrogen and oxygen atoms in total. The van der Waals surface area contributed by atoms with Gasteiger partial charge < -0.3 is 14.6 Å². The first kappa shape index (κ1) is 17.4. The molecule has 0 bridgehead atoms. The van der Waals surface area contributed by atoms with E-state index in [1.54, 1.807) is 19.2 Å². The predicted octanol–water partition coefficient (Wildman–Crippen LogP) is 1.58. The van der Waals surface area contributed by atoms with Crippen LogP contribution in [0, 0.1) is 10.1 Å². The molecule has 0 radical (unpaired) electrons. The van der Waals surface area contributed by atoms with Crippen molar-refractivity contribution >= 4 is 22.3 Å². The summed E-state index contributed by atoms with van der Waals surface area (Å²) in [6.45, 7) is 4.78. The van der Waals surface area contributed by atoms with Gasteiger partial charge in [-0.2, -0.15) is 0 Å². The molecule has 0 aliphatic carbocycles. The maximum atomic E-state index is 12.4. The minimum absolute atomic E-state index is 0.311. The van der Waals surface area contributed by atoms with Crippen LogP contribution in [0.25, 0.3) is 10.9 Å². The number of nitrogens with one attached hydrogen (secondary N) is 1. The molecular formula is C17H22N4O4. The zero-order valence-electron chi connectivity index (χ0n) is 14.2. The minimum atomic E-state index is -0.598. The number of aromatic nitrogens is 1. The number of pyridine rings is 1. The van der Waals surface area contributed by atoms with E-state index in [2.05, 4.69) is 10.2 Å².